The summed E-state index contributed by atoms with van der Waals surface area (Å²) < 4.78 is 5.72. The van der Waals surface area contributed by atoms with Crippen LogP contribution in [0.4, 0.5) is 5.69 Å². The second kappa shape index (κ2) is 10.6. The van der Waals surface area contributed by atoms with E-state index in [0.29, 0.717) is 27.0 Å². The molecule has 0 saturated heterocycles. The number of rotatable bonds is 6. The second-order valence-electron chi connectivity index (χ2n) is 6.54. The Morgan fingerprint density at radius 1 is 0.968 bits per heavy atom. The molecule has 0 radical (unpaired) electrons. The molecule has 8 heteroatoms. The number of benzene rings is 3. The summed E-state index contributed by atoms with van der Waals surface area (Å²) >= 11 is 12.4. The number of nitrogens with one attached hydrogen (secondary N) is 2. The lowest BCUT2D eigenvalue weighted by Crippen LogP contribution is -2.32. The number of ether oxygens (including phenoxy) is 1. The fourth-order valence-electron chi connectivity index (χ4n) is 2.59. The Balaban J connectivity index is 1.54. The van der Waals surface area contributed by atoms with E-state index in [4.69, 9.17) is 27.9 Å². The van der Waals surface area contributed by atoms with E-state index in [0.717, 1.165) is 11.1 Å². The first-order valence-electron chi connectivity index (χ1n) is 9.30. The molecule has 0 bridgehead atoms. The van der Waals surface area contributed by atoms with E-state index >= 15 is 0 Å². The number of anilines is 1. The molecule has 3 rings (SSSR count). The van der Waals surface area contributed by atoms with Crippen LogP contribution < -0.4 is 15.5 Å². The average Bonchev–Trinajstić information content (AvgIpc) is 2.75. The lowest BCUT2D eigenvalue weighted by Gasteiger charge is -2.09. The van der Waals surface area contributed by atoms with Crippen molar-refractivity contribution in [3.8, 4) is 5.75 Å². The van der Waals surface area contributed by atoms with E-state index < -0.39 is 11.8 Å². The number of nitrogens with zero attached hydrogens (tertiary/aromatic N) is 1. The van der Waals surface area contributed by atoms with Gasteiger partial charge in [0, 0.05) is 16.3 Å². The van der Waals surface area contributed by atoms with Gasteiger partial charge in [0.1, 0.15) is 12.4 Å². The number of para-hydroxylation sites is 1. The topological polar surface area (TPSA) is 79.8 Å². The van der Waals surface area contributed by atoms with Crippen LogP contribution in [0.3, 0.4) is 0 Å². The fourth-order valence-corrected chi connectivity index (χ4v) is 3.03. The molecular weight excluding hydrogens is 437 g/mol. The van der Waals surface area contributed by atoms with Crippen LogP contribution in [0.2, 0.25) is 10.0 Å². The minimum atomic E-state index is -0.884. The Morgan fingerprint density at radius 3 is 2.45 bits per heavy atom. The van der Waals surface area contributed by atoms with Crippen LogP contribution in [0.1, 0.15) is 16.7 Å². The average molecular weight is 456 g/mol. The zero-order chi connectivity index (χ0) is 22.2. The summed E-state index contributed by atoms with van der Waals surface area (Å²) in [6, 6.07) is 19.6. The van der Waals surface area contributed by atoms with Gasteiger partial charge < -0.3 is 10.1 Å². The largest absolute Gasteiger partial charge is 0.487 e. The molecule has 0 aliphatic heterocycles. The summed E-state index contributed by atoms with van der Waals surface area (Å²) in [6.45, 7) is 2.11. The van der Waals surface area contributed by atoms with Gasteiger partial charge in [-0.05, 0) is 48.4 Å². The van der Waals surface area contributed by atoms with E-state index in [1.165, 1.54) is 6.21 Å². The van der Waals surface area contributed by atoms with Gasteiger partial charge in [-0.15, -0.1) is 0 Å². The third-order valence-electron chi connectivity index (χ3n) is 4.28. The van der Waals surface area contributed by atoms with Gasteiger partial charge in [-0.25, -0.2) is 5.43 Å². The van der Waals surface area contributed by atoms with Crippen molar-refractivity contribution >= 4 is 46.9 Å². The van der Waals surface area contributed by atoms with Gasteiger partial charge in [0.2, 0.25) is 0 Å². The first-order valence-corrected chi connectivity index (χ1v) is 10.1. The molecule has 0 heterocycles. The molecule has 6 nitrogen and oxygen atoms in total. The first kappa shape index (κ1) is 22.3. The number of carbonyl (C=O) groups is 2. The molecule has 0 spiro atoms. The minimum absolute atomic E-state index is 0.277. The molecule has 0 unspecified atom stereocenters. The number of halogens is 2. The third kappa shape index (κ3) is 6.31. The van der Waals surface area contributed by atoms with Crippen molar-refractivity contribution in [3.05, 3.63) is 93.5 Å². The van der Waals surface area contributed by atoms with Crippen LogP contribution in [0.15, 0.2) is 71.8 Å². The zero-order valence-electron chi connectivity index (χ0n) is 16.6. The Kier molecular flexibility index (Phi) is 7.65. The number of aryl methyl sites for hydroxylation is 1. The standard InChI is InChI=1S/C23H19Cl2N3O3/c1-15-6-2-5-9-20(15)27-22(29)23(30)28-26-13-16-10-11-21(19(25)12-16)31-14-17-7-3-4-8-18(17)24/h2-13H,14H2,1H3,(H,27,29)(H,28,30)/b26-13-. The van der Waals surface area contributed by atoms with Crippen molar-refractivity contribution < 1.29 is 14.3 Å². The number of carbonyl (C=O) groups excluding carboxylic acids is 2. The fraction of sp³-hybridized carbons (Fsp3) is 0.0870. The summed E-state index contributed by atoms with van der Waals surface area (Å²) in [5.74, 6) is -1.21. The van der Waals surface area contributed by atoms with Crippen molar-refractivity contribution in [3.63, 3.8) is 0 Å². The van der Waals surface area contributed by atoms with Gasteiger partial charge in [-0.2, -0.15) is 5.10 Å². The maximum atomic E-state index is 12.0. The summed E-state index contributed by atoms with van der Waals surface area (Å²) in [7, 11) is 0. The highest BCUT2D eigenvalue weighted by Gasteiger charge is 2.13. The van der Waals surface area contributed by atoms with Gasteiger partial charge in [-0.1, -0.05) is 59.6 Å². The quantitative estimate of drug-likeness (QED) is 0.312. The Bertz CT molecular complexity index is 1130. The van der Waals surface area contributed by atoms with Gasteiger partial charge in [0.15, 0.2) is 0 Å². The molecule has 2 amide bonds. The maximum Gasteiger partial charge on any atom is 0.329 e. The molecule has 0 fully saturated rings. The van der Waals surface area contributed by atoms with Crippen LogP contribution in [0.5, 0.6) is 5.75 Å². The predicted octanol–water partition coefficient (Wildman–Crippen LogP) is 4.97. The molecule has 3 aromatic rings. The van der Waals surface area contributed by atoms with Crippen molar-refractivity contribution in [1.29, 1.82) is 0 Å². The van der Waals surface area contributed by atoms with E-state index in [9.17, 15) is 9.59 Å². The summed E-state index contributed by atoms with van der Waals surface area (Å²) in [5, 5.41) is 7.33. The van der Waals surface area contributed by atoms with Gasteiger partial charge in [0.05, 0.1) is 11.2 Å². The highest BCUT2D eigenvalue weighted by atomic mass is 35.5. The molecule has 158 valence electrons. The van der Waals surface area contributed by atoms with E-state index in [2.05, 4.69) is 15.8 Å². The first-order chi connectivity index (χ1) is 14.9. The minimum Gasteiger partial charge on any atom is -0.487 e. The van der Waals surface area contributed by atoms with Crippen molar-refractivity contribution in [2.75, 3.05) is 5.32 Å². The lowest BCUT2D eigenvalue weighted by atomic mass is 10.2. The monoisotopic (exact) mass is 455 g/mol. The smallest absolute Gasteiger partial charge is 0.329 e. The highest BCUT2D eigenvalue weighted by Crippen LogP contribution is 2.27. The second-order valence-corrected chi connectivity index (χ2v) is 7.35. The molecule has 2 N–H and O–H groups in total. The predicted molar refractivity (Wildman–Crippen MR) is 123 cm³/mol. The Morgan fingerprint density at radius 2 is 1.71 bits per heavy atom. The van der Waals surface area contributed by atoms with Gasteiger partial charge in [0.25, 0.3) is 0 Å². The highest BCUT2D eigenvalue weighted by molar-refractivity contribution is 6.39. The molecular formula is C23H19Cl2N3O3. The molecule has 0 aliphatic carbocycles. The van der Waals surface area contributed by atoms with E-state index in [-0.39, 0.29) is 6.61 Å². The van der Waals surface area contributed by atoms with Crippen molar-refractivity contribution in [2.24, 2.45) is 5.10 Å². The normalized spacial score (nSPS) is 10.7. The van der Waals surface area contributed by atoms with E-state index in [1.807, 2.05) is 37.3 Å². The summed E-state index contributed by atoms with van der Waals surface area (Å²) in [5.41, 5.74) is 5.06. The lowest BCUT2D eigenvalue weighted by molar-refractivity contribution is -0.136. The van der Waals surface area contributed by atoms with Crippen molar-refractivity contribution in [1.82, 2.24) is 5.43 Å². The summed E-state index contributed by atoms with van der Waals surface area (Å²) in [4.78, 5) is 23.9. The van der Waals surface area contributed by atoms with Crippen LogP contribution in [-0.2, 0) is 16.2 Å². The van der Waals surface area contributed by atoms with Gasteiger partial charge >= 0.3 is 11.8 Å². The van der Waals surface area contributed by atoms with Crippen LogP contribution >= 0.6 is 23.2 Å². The van der Waals surface area contributed by atoms with Gasteiger partial charge in [-0.3, -0.25) is 9.59 Å². The number of hydrogen-bond acceptors (Lipinski definition) is 4. The maximum absolute atomic E-state index is 12.0. The van der Waals surface area contributed by atoms with Crippen molar-refractivity contribution in [2.45, 2.75) is 13.5 Å². The molecule has 31 heavy (non-hydrogen) atoms. The van der Waals surface area contributed by atoms with E-state index in [1.54, 1.807) is 36.4 Å². The molecule has 0 saturated carbocycles. The molecule has 0 aliphatic rings. The molecule has 3 aromatic carbocycles. The molecule has 0 atom stereocenters. The molecule has 0 aromatic heterocycles. The SMILES string of the molecule is Cc1ccccc1NC(=O)C(=O)N/N=C\c1ccc(OCc2ccccc2Cl)c(Cl)c1. The number of amides is 2. The third-order valence-corrected chi connectivity index (χ3v) is 4.94. The number of hydrazone groups is 1. The van der Waals surface area contributed by atoms with Crippen LogP contribution in [0, 0.1) is 6.92 Å². The van der Waals surface area contributed by atoms with Crippen LogP contribution in [0.25, 0.3) is 0 Å². The Labute approximate surface area is 189 Å². The summed E-state index contributed by atoms with van der Waals surface area (Å²) in [6.07, 6.45) is 1.38. The zero-order valence-corrected chi connectivity index (χ0v) is 18.1. The van der Waals surface area contributed by atoms with Crippen LogP contribution in [-0.4, -0.2) is 18.0 Å². The Hall–Kier alpha value is -3.35. The number of hydrogen-bond donors (Lipinski definition) is 2.